The Balaban J connectivity index is 1.65. The fourth-order valence-corrected chi connectivity index (χ4v) is 2.72. The number of allylic oxidation sites excluding steroid dienone is 2. The second kappa shape index (κ2) is 9.11. The standard InChI is InChI=1S/C23H20ClNO3/c1-16(15-21(26)17-7-9-18(24)10-8-17)25-19-11-13-20(14-12-19)28-23-6-4-3-5-22(23)27-2/h3-15,25H,1-2H3/b16-15+. The van der Waals surface area contributed by atoms with Gasteiger partial charge in [-0.1, -0.05) is 23.7 Å². The summed E-state index contributed by atoms with van der Waals surface area (Å²) in [6.45, 7) is 1.84. The summed E-state index contributed by atoms with van der Waals surface area (Å²) in [5, 5.41) is 3.80. The van der Waals surface area contributed by atoms with Crippen LogP contribution in [-0.2, 0) is 0 Å². The summed E-state index contributed by atoms with van der Waals surface area (Å²) in [7, 11) is 1.61. The van der Waals surface area contributed by atoms with Gasteiger partial charge in [-0.25, -0.2) is 0 Å². The molecule has 0 heterocycles. The maximum absolute atomic E-state index is 12.3. The molecule has 0 bridgehead atoms. The molecule has 0 fully saturated rings. The van der Waals surface area contributed by atoms with E-state index >= 15 is 0 Å². The molecule has 0 unspecified atom stereocenters. The van der Waals surface area contributed by atoms with Crippen LogP contribution in [0, 0.1) is 0 Å². The van der Waals surface area contributed by atoms with Gasteiger partial charge in [-0.15, -0.1) is 0 Å². The van der Waals surface area contributed by atoms with Crippen molar-refractivity contribution >= 4 is 23.1 Å². The van der Waals surface area contributed by atoms with Crippen LogP contribution in [0.15, 0.2) is 84.6 Å². The van der Waals surface area contributed by atoms with E-state index in [1.54, 1.807) is 37.5 Å². The first-order chi connectivity index (χ1) is 13.5. The van der Waals surface area contributed by atoms with E-state index in [2.05, 4.69) is 5.32 Å². The number of benzene rings is 3. The highest BCUT2D eigenvalue weighted by molar-refractivity contribution is 6.30. The molecule has 0 radical (unpaired) electrons. The zero-order valence-electron chi connectivity index (χ0n) is 15.6. The Hall–Kier alpha value is -3.24. The Bertz CT molecular complexity index is 979. The molecule has 4 nitrogen and oxygen atoms in total. The molecule has 0 aliphatic carbocycles. The minimum Gasteiger partial charge on any atom is -0.493 e. The summed E-state index contributed by atoms with van der Waals surface area (Å²) >= 11 is 5.85. The van der Waals surface area contributed by atoms with Crippen molar-refractivity contribution < 1.29 is 14.3 Å². The zero-order chi connectivity index (χ0) is 19.9. The van der Waals surface area contributed by atoms with Crippen molar-refractivity contribution in [1.29, 1.82) is 0 Å². The van der Waals surface area contributed by atoms with Crippen molar-refractivity contribution in [1.82, 2.24) is 0 Å². The third-order valence-electron chi connectivity index (χ3n) is 3.97. The molecule has 28 heavy (non-hydrogen) atoms. The minimum atomic E-state index is -0.0854. The van der Waals surface area contributed by atoms with Crippen molar-refractivity contribution in [2.75, 3.05) is 12.4 Å². The second-order valence-electron chi connectivity index (χ2n) is 6.10. The molecule has 0 spiro atoms. The van der Waals surface area contributed by atoms with Crippen molar-refractivity contribution in [2.24, 2.45) is 0 Å². The van der Waals surface area contributed by atoms with E-state index in [4.69, 9.17) is 21.1 Å². The molecule has 0 aromatic heterocycles. The number of rotatable bonds is 7. The lowest BCUT2D eigenvalue weighted by molar-refractivity contribution is 0.104. The zero-order valence-corrected chi connectivity index (χ0v) is 16.4. The molecule has 1 N–H and O–H groups in total. The molecule has 142 valence electrons. The predicted molar refractivity (Wildman–Crippen MR) is 113 cm³/mol. The molecule has 0 aliphatic heterocycles. The summed E-state index contributed by atoms with van der Waals surface area (Å²) in [6, 6.07) is 21.8. The van der Waals surface area contributed by atoms with Crippen LogP contribution in [0.3, 0.4) is 0 Å². The summed E-state index contributed by atoms with van der Waals surface area (Å²) in [4.78, 5) is 12.3. The van der Waals surface area contributed by atoms with Gasteiger partial charge in [0, 0.05) is 28.0 Å². The summed E-state index contributed by atoms with van der Waals surface area (Å²) in [5.41, 5.74) is 2.18. The van der Waals surface area contributed by atoms with Crippen LogP contribution in [0.25, 0.3) is 0 Å². The van der Waals surface area contributed by atoms with E-state index in [-0.39, 0.29) is 5.78 Å². The van der Waals surface area contributed by atoms with E-state index in [0.29, 0.717) is 27.8 Å². The molecular formula is C23H20ClNO3. The van der Waals surface area contributed by atoms with Crippen molar-refractivity contribution in [3.63, 3.8) is 0 Å². The van der Waals surface area contributed by atoms with Crippen molar-refractivity contribution in [2.45, 2.75) is 6.92 Å². The molecule has 0 atom stereocenters. The summed E-state index contributed by atoms with van der Waals surface area (Å²) in [6.07, 6.45) is 1.56. The van der Waals surface area contributed by atoms with Gasteiger partial charge in [-0.05, 0) is 67.6 Å². The number of nitrogens with one attached hydrogen (secondary N) is 1. The number of anilines is 1. The highest BCUT2D eigenvalue weighted by Crippen LogP contribution is 2.31. The largest absolute Gasteiger partial charge is 0.493 e. The van der Waals surface area contributed by atoms with Gasteiger partial charge in [0.15, 0.2) is 17.3 Å². The van der Waals surface area contributed by atoms with Gasteiger partial charge in [0.2, 0.25) is 0 Å². The SMILES string of the molecule is COc1ccccc1Oc1ccc(N/C(C)=C/C(=O)c2ccc(Cl)cc2)cc1. The number of ketones is 1. The van der Waals surface area contributed by atoms with Crippen LogP contribution in [-0.4, -0.2) is 12.9 Å². The lowest BCUT2D eigenvalue weighted by Crippen LogP contribution is -2.01. The predicted octanol–water partition coefficient (Wildman–Crippen LogP) is 6.34. The lowest BCUT2D eigenvalue weighted by Gasteiger charge is -2.11. The molecular weight excluding hydrogens is 374 g/mol. The Kier molecular flexibility index (Phi) is 6.35. The molecule has 0 saturated heterocycles. The van der Waals surface area contributed by atoms with E-state index in [1.807, 2.05) is 55.5 Å². The van der Waals surface area contributed by atoms with Crippen molar-refractivity contribution in [3.05, 3.63) is 95.2 Å². The quantitative estimate of drug-likeness (QED) is 0.376. The van der Waals surface area contributed by atoms with E-state index in [1.165, 1.54) is 0 Å². The van der Waals surface area contributed by atoms with Crippen LogP contribution in [0.2, 0.25) is 5.02 Å². The molecule has 0 saturated carbocycles. The van der Waals surface area contributed by atoms with Crippen LogP contribution < -0.4 is 14.8 Å². The fraction of sp³-hybridized carbons (Fsp3) is 0.0870. The first-order valence-corrected chi connectivity index (χ1v) is 9.09. The summed E-state index contributed by atoms with van der Waals surface area (Å²) in [5.74, 6) is 1.92. The maximum atomic E-state index is 12.3. The van der Waals surface area contributed by atoms with E-state index in [0.717, 1.165) is 11.4 Å². The topological polar surface area (TPSA) is 47.6 Å². The number of hydrogen-bond donors (Lipinski definition) is 1. The average Bonchev–Trinajstić information content (AvgIpc) is 2.70. The second-order valence-corrected chi connectivity index (χ2v) is 6.54. The highest BCUT2D eigenvalue weighted by Gasteiger charge is 2.06. The molecule has 3 aromatic rings. The normalized spacial score (nSPS) is 11.0. The smallest absolute Gasteiger partial charge is 0.187 e. The van der Waals surface area contributed by atoms with Gasteiger partial charge in [0.05, 0.1) is 7.11 Å². The number of hydrogen-bond acceptors (Lipinski definition) is 4. The number of carbonyl (C=O) groups is 1. The number of carbonyl (C=O) groups excluding carboxylic acids is 1. The Labute approximate surface area is 169 Å². The van der Waals surface area contributed by atoms with Crippen LogP contribution in [0.1, 0.15) is 17.3 Å². The van der Waals surface area contributed by atoms with Crippen LogP contribution >= 0.6 is 11.6 Å². The van der Waals surface area contributed by atoms with Gasteiger partial charge < -0.3 is 14.8 Å². The van der Waals surface area contributed by atoms with Crippen LogP contribution in [0.4, 0.5) is 5.69 Å². The Morgan fingerprint density at radius 3 is 2.21 bits per heavy atom. The summed E-state index contributed by atoms with van der Waals surface area (Å²) < 4.78 is 11.1. The van der Waals surface area contributed by atoms with E-state index in [9.17, 15) is 4.79 Å². The third kappa shape index (κ3) is 5.15. The van der Waals surface area contributed by atoms with Gasteiger partial charge >= 0.3 is 0 Å². The third-order valence-corrected chi connectivity index (χ3v) is 4.22. The number of para-hydroxylation sites is 2. The molecule has 5 heteroatoms. The first kappa shape index (κ1) is 19.5. The lowest BCUT2D eigenvalue weighted by atomic mass is 10.1. The maximum Gasteiger partial charge on any atom is 0.187 e. The average molecular weight is 394 g/mol. The van der Waals surface area contributed by atoms with Gasteiger partial charge in [0.25, 0.3) is 0 Å². The van der Waals surface area contributed by atoms with Gasteiger partial charge in [-0.2, -0.15) is 0 Å². The van der Waals surface area contributed by atoms with Gasteiger partial charge in [0.1, 0.15) is 5.75 Å². The molecule has 0 aliphatic rings. The first-order valence-electron chi connectivity index (χ1n) is 8.71. The highest BCUT2D eigenvalue weighted by atomic mass is 35.5. The Morgan fingerprint density at radius 2 is 1.57 bits per heavy atom. The fourth-order valence-electron chi connectivity index (χ4n) is 2.59. The number of ether oxygens (including phenoxy) is 2. The number of halogens is 1. The molecule has 3 rings (SSSR count). The van der Waals surface area contributed by atoms with Crippen LogP contribution in [0.5, 0.6) is 17.2 Å². The van der Waals surface area contributed by atoms with Gasteiger partial charge in [-0.3, -0.25) is 4.79 Å². The number of methoxy groups -OCH3 is 1. The molecule has 0 amide bonds. The van der Waals surface area contributed by atoms with Crippen molar-refractivity contribution in [3.8, 4) is 17.2 Å². The van der Waals surface area contributed by atoms with E-state index < -0.39 is 0 Å². The monoisotopic (exact) mass is 393 g/mol. The Morgan fingerprint density at radius 1 is 0.929 bits per heavy atom. The molecule has 3 aromatic carbocycles. The minimum absolute atomic E-state index is 0.0854.